The second-order valence-corrected chi connectivity index (χ2v) is 5.16. The number of nitrogens with zero attached hydrogens (tertiary/aromatic N) is 2. The lowest BCUT2D eigenvalue weighted by Crippen LogP contribution is -2.09. The smallest absolute Gasteiger partial charge is 0.134 e. The van der Waals surface area contributed by atoms with E-state index >= 15 is 0 Å². The number of anilines is 2. The fourth-order valence-electron chi connectivity index (χ4n) is 1.85. The van der Waals surface area contributed by atoms with Gasteiger partial charge >= 0.3 is 0 Å². The van der Waals surface area contributed by atoms with Gasteiger partial charge in [0.15, 0.2) is 0 Å². The molecule has 0 aliphatic heterocycles. The van der Waals surface area contributed by atoms with Gasteiger partial charge in [-0.05, 0) is 31.3 Å². The Morgan fingerprint density at radius 1 is 1.22 bits per heavy atom. The van der Waals surface area contributed by atoms with E-state index in [4.69, 9.17) is 0 Å². The Kier molecular flexibility index (Phi) is 7.57. The molecule has 0 atom stereocenters. The van der Waals surface area contributed by atoms with Gasteiger partial charge in [0.25, 0.3) is 0 Å². The van der Waals surface area contributed by atoms with Gasteiger partial charge in [-0.1, -0.05) is 13.3 Å². The van der Waals surface area contributed by atoms with Crippen LogP contribution in [0.25, 0.3) is 0 Å². The summed E-state index contributed by atoms with van der Waals surface area (Å²) in [5, 5.41) is 6.57. The average Bonchev–Trinajstić information content (AvgIpc) is 2.40. The minimum absolute atomic E-state index is 0.943. The molecule has 0 amide bonds. The molecule has 0 unspecified atom stereocenters. The van der Waals surface area contributed by atoms with E-state index in [1.54, 1.807) is 6.33 Å². The fraction of sp³-hybridized carbons (Fsp3) is 0.692. The van der Waals surface area contributed by atoms with Gasteiger partial charge in [-0.2, -0.15) is 11.8 Å². The van der Waals surface area contributed by atoms with Crippen molar-refractivity contribution < 1.29 is 0 Å². The molecule has 0 aliphatic carbocycles. The minimum Gasteiger partial charge on any atom is -0.373 e. The lowest BCUT2D eigenvalue weighted by atomic mass is 10.1. The van der Waals surface area contributed by atoms with Gasteiger partial charge in [0.05, 0.1) is 0 Å². The fourth-order valence-corrected chi connectivity index (χ4v) is 2.34. The van der Waals surface area contributed by atoms with Crippen LogP contribution in [0.15, 0.2) is 6.33 Å². The topological polar surface area (TPSA) is 49.8 Å². The van der Waals surface area contributed by atoms with E-state index < -0.39 is 0 Å². The summed E-state index contributed by atoms with van der Waals surface area (Å²) in [6.45, 7) is 3.16. The van der Waals surface area contributed by atoms with Crippen LogP contribution in [0.3, 0.4) is 0 Å². The van der Waals surface area contributed by atoms with E-state index in [9.17, 15) is 0 Å². The first-order valence-corrected chi connectivity index (χ1v) is 7.97. The van der Waals surface area contributed by atoms with Crippen LogP contribution >= 0.6 is 11.8 Å². The number of rotatable bonds is 9. The molecular formula is C13H24N4S. The highest BCUT2D eigenvalue weighted by atomic mass is 32.2. The summed E-state index contributed by atoms with van der Waals surface area (Å²) in [5.41, 5.74) is 1.20. The van der Waals surface area contributed by atoms with E-state index in [0.29, 0.717) is 0 Å². The molecule has 1 rings (SSSR count). The van der Waals surface area contributed by atoms with Crippen molar-refractivity contribution in [2.75, 3.05) is 36.2 Å². The quantitative estimate of drug-likeness (QED) is 0.674. The zero-order valence-corrected chi connectivity index (χ0v) is 12.4. The van der Waals surface area contributed by atoms with Crippen LogP contribution in [-0.4, -0.2) is 35.6 Å². The van der Waals surface area contributed by atoms with Crippen molar-refractivity contribution >= 4 is 23.4 Å². The Morgan fingerprint density at radius 2 is 2.00 bits per heavy atom. The molecule has 0 aliphatic rings. The first-order chi connectivity index (χ1) is 8.83. The predicted molar refractivity (Wildman–Crippen MR) is 81.7 cm³/mol. The number of unbranched alkanes of at least 4 members (excludes halogenated alkanes) is 1. The summed E-state index contributed by atoms with van der Waals surface area (Å²) < 4.78 is 0. The lowest BCUT2D eigenvalue weighted by molar-refractivity contribution is 0.831. The molecule has 102 valence electrons. The Labute approximate surface area is 114 Å². The standard InChI is InChI=1S/C13H24N4S/c1-4-7-11-12(14-2)16-10-17-13(11)15-8-5-6-9-18-3/h10H,4-9H2,1-3H3,(H2,14,15,16,17). The second kappa shape index (κ2) is 9.03. The third-order valence-electron chi connectivity index (χ3n) is 2.75. The van der Waals surface area contributed by atoms with Crippen LogP contribution in [0.5, 0.6) is 0 Å². The summed E-state index contributed by atoms with van der Waals surface area (Å²) in [6, 6.07) is 0. The first-order valence-electron chi connectivity index (χ1n) is 6.57. The Balaban J connectivity index is 2.57. The molecule has 1 aromatic heterocycles. The number of hydrogen-bond acceptors (Lipinski definition) is 5. The zero-order valence-electron chi connectivity index (χ0n) is 11.6. The van der Waals surface area contributed by atoms with Gasteiger partial charge < -0.3 is 10.6 Å². The predicted octanol–water partition coefficient (Wildman–Crippen LogP) is 3.03. The monoisotopic (exact) mass is 268 g/mol. The van der Waals surface area contributed by atoms with Crippen molar-refractivity contribution in [3.63, 3.8) is 0 Å². The van der Waals surface area contributed by atoms with Crippen molar-refractivity contribution in [2.24, 2.45) is 0 Å². The highest BCUT2D eigenvalue weighted by Crippen LogP contribution is 2.21. The van der Waals surface area contributed by atoms with Crippen LogP contribution in [0, 0.1) is 0 Å². The van der Waals surface area contributed by atoms with Crippen LogP contribution in [-0.2, 0) is 6.42 Å². The van der Waals surface area contributed by atoms with Gasteiger partial charge in [0, 0.05) is 19.2 Å². The molecule has 0 radical (unpaired) electrons. The number of hydrogen-bond donors (Lipinski definition) is 2. The summed E-state index contributed by atoms with van der Waals surface area (Å²) >= 11 is 1.90. The Morgan fingerprint density at radius 3 is 2.67 bits per heavy atom. The molecule has 2 N–H and O–H groups in total. The molecule has 1 heterocycles. The molecule has 0 bridgehead atoms. The minimum atomic E-state index is 0.943. The molecule has 4 nitrogen and oxygen atoms in total. The molecule has 1 aromatic rings. The first kappa shape index (κ1) is 15.1. The molecule has 0 fully saturated rings. The van der Waals surface area contributed by atoms with Crippen molar-refractivity contribution in [2.45, 2.75) is 32.6 Å². The molecular weight excluding hydrogens is 244 g/mol. The van der Waals surface area contributed by atoms with Crippen LogP contribution in [0.2, 0.25) is 0 Å². The van der Waals surface area contributed by atoms with Crippen molar-refractivity contribution in [1.82, 2.24) is 9.97 Å². The summed E-state index contributed by atoms with van der Waals surface area (Å²) in [4.78, 5) is 8.62. The van der Waals surface area contributed by atoms with E-state index in [1.165, 1.54) is 24.2 Å². The maximum absolute atomic E-state index is 4.36. The van der Waals surface area contributed by atoms with E-state index in [0.717, 1.165) is 31.0 Å². The SMILES string of the molecule is CCCc1c(NC)ncnc1NCCCCSC. The molecule has 0 aromatic carbocycles. The van der Waals surface area contributed by atoms with Gasteiger partial charge in [0.1, 0.15) is 18.0 Å². The maximum atomic E-state index is 4.36. The third kappa shape index (κ3) is 4.72. The van der Waals surface area contributed by atoms with E-state index in [2.05, 4.69) is 33.8 Å². The van der Waals surface area contributed by atoms with Crippen molar-refractivity contribution in [3.8, 4) is 0 Å². The largest absolute Gasteiger partial charge is 0.373 e. The number of aromatic nitrogens is 2. The van der Waals surface area contributed by atoms with Crippen molar-refractivity contribution in [3.05, 3.63) is 11.9 Å². The number of thioether (sulfide) groups is 1. The zero-order chi connectivity index (χ0) is 13.2. The normalized spacial score (nSPS) is 10.4. The van der Waals surface area contributed by atoms with Crippen LogP contribution < -0.4 is 10.6 Å². The van der Waals surface area contributed by atoms with E-state index in [-0.39, 0.29) is 0 Å². The number of nitrogens with one attached hydrogen (secondary N) is 2. The van der Waals surface area contributed by atoms with Crippen LogP contribution in [0.4, 0.5) is 11.6 Å². The van der Waals surface area contributed by atoms with Gasteiger partial charge in [0.2, 0.25) is 0 Å². The van der Waals surface area contributed by atoms with Gasteiger partial charge in [-0.25, -0.2) is 9.97 Å². The van der Waals surface area contributed by atoms with E-state index in [1.807, 2.05) is 18.8 Å². The maximum Gasteiger partial charge on any atom is 0.134 e. The Hall–Kier alpha value is -0.970. The lowest BCUT2D eigenvalue weighted by Gasteiger charge is -2.13. The second-order valence-electron chi connectivity index (χ2n) is 4.18. The molecule has 0 saturated carbocycles. The molecule has 0 saturated heterocycles. The Bertz CT molecular complexity index is 344. The molecule has 18 heavy (non-hydrogen) atoms. The van der Waals surface area contributed by atoms with Crippen molar-refractivity contribution in [1.29, 1.82) is 0 Å². The third-order valence-corrected chi connectivity index (χ3v) is 3.45. The van der Waals surface area contributed by atoms with Gasteiger partial charge in [-0.3, -0.25) is 0 Å². The van der Waals surface area contributed by atoms with Crippen LogP contribution in [0.1, 0.15) is 31.7 Å². The van der Waals surface area contributed by atoms with Gasteiger partial charge in [-0.15, -0.1) is 0 Å². The summed E-state index contributed by atoms with van der Waals surface area (Å²) in [6.07, 6.45) is 8.31. The highest BCUT2D eigenvalue weighted by molar-refractivity contribution is 7.98. The summed E-state index contributed by atoms with van der Waals surface area (Å²) in [5.74, 6) is 3.16. The average molecular weight is 268 g/mol. The molecule has 5 heteroatoms. The summed E-state index contributed by atoms with van der Waals surface area (Å²) in [7, 11) is 1.91. The highest BCUT2D eigenvalue weighted by Gasteiger charge is 2.08. The molecule has 0 spiro atoms.